The topological polar surface area (TPSA) is 113 Å². The molecular formula is C13H18N2O5. The molecule has 0 saturated heterocycles. The summed E-state index contributed by atoms with van der Waals surface area (Å²) in [6.45, 7) is 3.56. The Morgan fingerprint density at radius 1 is 1.40 bits per heavy atom. The molecule has 1 aromatic carbocycles. The van der Waals surface area contributed by atoms with Crippen LogP contribution in [-0.2, 0) is 0 Å². The van der Waals surface area contributed by atoms with Gasteiger partial charge in [-0.05, 0) is 25.0 Å². The number of carboxylic acids is 1. The molecule has 20 heavy (non-hydrogen) atoms. The largest absolute Gasteiger partial charge is 0.478 e. The molecule has 0 aliphatic heterocycles. The molecule has 0 unspecified atom stereocenters. The number of carbonyl (C=O) groups is 1. The number of anilines is 1. The molecule has 0 aromatic heterocycles. The summed E-state index contributed by atoms with van der Waals surface area (Å²) in [5.41, 5.74) is -0.914. The highest BCUT2D eigenvalue weighted by atomic mass is 16.6. The second-order valence-electron chi connectivity index (χ2n) is 4.56. The molecule has 3 N–H and O–H groups in total. The Labute approximate surface area is 116 Å². The van der Waals surface area contributed by atoms with Crippen molar-refractivity contribution in [2.45, 2.75) is 32.2 Å². The fourth-order valence-electron chi connectivity index (χ4n) is 1.90. The highest BCUT2D eigenvalue weighted by Gasteiger charge is 2.28. The summed E-state index contributed by atoms with van der Waals surface area (Å²) in [5, 5.41) is 32.4. The van der Waals surface area contributed by atoms with Crippen molar-refractivity contribution in [3.05, 3.63) is 33.9 Å². The fraction of sp³-hybridized carbons (Fsp3) is 0.462. The Morgan fingerprint density at radius 2 is 2.00 bits per heavy atom. The molecule has 7 nitrogen and oxygen atoms in total. The van der Waals surface area contributed by atoms with Crippen molar-refractivity contribution < 1.29 is 19.9 Å². The monoisotopic (exact) mass is 282 g/mol. The Morgan fingerprint density at radius 3 is 2.40 bits per heavy atom. The van der Waals surface area contributed by atoms with Gasteiger partial charge in [0.25, 0.3) is 5.69 Å². The van der Waals surface area contributed by atoms with Gasteiger partial charge in [0.05, 0.1) is 22.6 Å². The van der Waals surface area contributed by atoms with Crippen molar-refractivity contribution >= 4 is 17.3 Å². The van der Waals surface area contributed by atoms with Crippen LogP contribution in [0.1, 0.15) is 37.0 Å². The van der Waals surface area contributed by atoms with Gasteiger partial charge in [0, 0.05) is 6.07 Å². The minimum Gasteiger partial charge on any atom is -0.478 e. The lowest BCUT2D eigenvalue weighted by Crippen LogP contribution is -2.41. The van der Waals surface area contributed by atoms with E-state index in [0.717, 1.165) is 6.07 Å². The Hall–Kier alpha value is -2.15. The average molecular weight is 282 g/mol. The third kappa shape index (κ3) is 3.24. The van der Waals surface area contributed by atoms with Gasteiger partial charge in [-0.3, -0.25) is 10.1 Å². The second kappa shape index (κ2) is 6.33. The van der Waals surface area contributed by atoms with Gasteiger partial charge in [0.1, 0.15) is 5.69 Å². The number of rotatable bonds is 7. The number of nitro benzene ring substituents is 1. The summed E-state index contributed by atoms with van der Waals surface area (Å²) in [7, 11) is 0. The summed E-state index contributed by atoms with van der Waals surface area (Å²) in [6, 6.07) is 3.67. The number of aliphatic hydroxyl groups excluding tert-OH is 1. The maximum absolute atomic E-state index is 11.1. The van der Waals surface area contributed by atoms with E-state index in [9.17, 15) is 20.0 Å². The molecule has 0 radical (unpaired) electrons. The van der Waals surface area contributed by atoms with E-state index in [1.807, 2.05) is 13.8 Å². The van der Waals surface area contributed by atoms with E-state index in [2.05, 4.69) is 5.32 Å². The molecule has 1 rings (SSSR count). The first kappa shape index (κ1) is 15.9. The Balaban J connectivity index is 3.24. The predicted molar refractivity (Wildman–Crippen MR) is 74.1 cm³/mol. The lowest BCUT2D eigenvalue weighted by Gasteiger charge is -2.31. The van der Waals surface area contributed by atoms with Gasteiger partial charge in [-0.1, -0.05) is 13.8 Å². The van der Waals surface area contributed by atoms with Gasteiger partial charge >= 0.3 is 5.97 Å². The zero-order valence-electron chi connectivity index (χ0n) is 11.4. The minimum absolute atomic E-state index is 0.148. The molecule has 0 amide bonds. The van der Waals surface area contributed by atoms with Gasteiger partial charge in [0.15, 0.2) is 0 Å². The van der Waals surface area contributed by atoms with Crippen LogP contribution in [0.25, 0.3) is 0 Å². The minimum atomic E-state index is -1.22. The summed E-state index contributed by atoms with van der Waals surface area (Å²) in [4.78, 5) is 21.3. The lowest BCUT2D eigenvalue weighted by atomic mass is 9.93. The smallest absolute Gasteiger partial charge is 0.335 e. The van der Waals surface area contributed by atoms with Crippen molar-refractivity contribution in [2.24, 2.45) is 0 Å². The van der Waals surface area contributed by atoms with Crippen LogP contribution in [0.15, 0.2) is 18.2 Å². The number of carboxylic acid groups (broad SMARTS) is 1. The number of hydrogen-bond donors (Lipinski definition) is 3. The second-order valence-corrected chi connectivity index (χ2v) is 4.56. The van der Waals surface area contributed by atoms with E-state index in [-0.39, 0.29) is 23.5 Å². The van der Waals surface area contributed by atoms with Crippen molar-refractivity contribution in [1.29, 1.82) is 0 Å². The van der Waals surface area contributed by atoms with Gasteiger partial charge in [-0.2, -0.15) is 0 Å². The van der Waals surface area contributed by atoms with Crippen molar-refractivity contribution in [2.75, 3.05) is 11.9 Å². The number of benzene rings is 1. The highest BCUT2D eigenvalue weighted by molar-refractivity contribution is 5.89. The zero-order valence-corrected chi connectivity index (χ0v) is 11.4. The number of aromatic carboxylic acids is 1. The SMILES string of the molecule is CCC(CC)(CO)Nc1ccc(C(=O)O)cc1[N+](=O)[O-]. The van der Waals surface area contributed by atoms with Crippen LogP contribution < -0.4 is 5.32 Å². The lowest BCUT2D eigenvalue weighted by molar-refractivity contribution is -0.384. The summed E-state index contributed by atoms with van der Waals surface area (Å²) in [6.07, 6.45) is 1.16. The van der Waals surface area contributed by atoms with Gasteiger partial charge in [-0.15, -0.1) is 0 Å². The maximum Gasteiger partial charge on any atom is 0.335 e. The van der Waals surface area contributed by atoms with Crippen LogP contribution in [0.3, 0.4) is 0 Å². The number of nitro groups is 1. The highest BCUT2D eigenvalue weighted by Crippen LogP contribution is 2.30. The van der Waals surface area contributed by atoms with Crippen molar-refractivity contribution in [3.8, 4) is 0 Å². The third-order valence-electron chi connectivity index (χ3n) is 3.50. The molecule has 7 heteroatoms. The first-order valence-corrected chi connectivity index (χ1v) is 6.30. The fourth-order valence-corrected chi connectivity index (χ4v) is 1.90. The van der Waals surface area contributed by atoms with Gasteiger partial charge < -0.3 is 15.5 Å². The molecule has 0 saturated carbocycles. The summed E-state index contributed by atoms with van der Waals surface area (Å²) in [5.74, 6) is -1.22. The van der Waals surface area contributed by atoms with Gasteiger partial charge in [-0.25, -0.2) is 4.79 Å². The molecule has 1 aromatic rings. The summed E-state index contributed by atoms with van der Waals surface area (Å²) < 4.78 is 0. The number of hydrogen-bond acceptors (Lipinski definition) is 5. The molecule has 110 valence electrons. The third-order valence-corrected chi connectivity index (χ3v) is 3.50. The van der Waals surface area contributed by atoms with Crippen LogP contribution in [0.4, 0.5) is 11.4 Å². The molecule has 0 aliphatic carbocycles. The van der Waals surface area contributed by atoms with E-state index in [0.29, 0.717) is 12.8 Å². The van der Waals surface area contributed by atoms with E-state index >= 15 is 0 Å². The van der Waals surface area contributed by atoms with Crippen molar-refractivity contribution in [3.63, 3.8) is 0 Å². The first-order valence-electron chi connectivity index (χ1n) is 6.30. The van der Waals surface area contributed by atoms with E-state index < -0.39 is 16.4 Å². The zero-order chi connectivity index (χ0) is 15.3. The number of aliphatic hydroxyl groups is 1. The Kier molecular flexibility index (Phi) is 5.04. The average Bonchev–Trinajstić information content (AvgIpc) is 2.44. The molecule has 0 heterocycles. The van der Waals surface area contributed by atoms with Gasteiger partial charge in [0.2, 0.25) is 0 Å². The normalized spacial score (nSPS) is 11.2. The summed E-state index contributed by atoms with van der Waals surface area (Å²) >= 11 is 0. The maximum atomic E-state index is 11.1. The van der Waals surface area contributed by atoms with Crippen LogP contribution in [0.5, 0.6) is 0 Å². The molecule has 0 fully saturated rings. The quantitative estimate of drug-likeness (QED) is 0.522. The first-order chi connectivity index (χ1) is 9.39. The predicted octanol–water partition coefficient (Wildman–Crippen LogP) is 2.26. The Bertz CT molecular complexity index is 503. The molecule has 0 aliphatic rings. The molecular weight excluding hydrogens is 264 g/mol. The molecule has 0 atom stereocenters. The number of nitrogens with one attached hydrogen (secondary N) is 1. The molecule has 0 bridgehead atoms. The van der Waals surface area contributed by atoms with Crippen LogP contribution in [0, 0.1) is 10.1 Å². The van der Waals surface area contributed by atoms with Crippen molar-refractivity contribution in [1.82, 2.24) is 0 Å². The molecule has 0 spiro atoms. The van der Waals surface area contributed by atoms with E-state index in [1.165, 1.54) is 12.1 Å². The number of nitrogens with zero attached hydrogens (tertiary/aromatic N) is 1. The van der Waals surface area contributed by atoms with Crippen LogP contribution >= 0.6 is 0 Å². The van der Waals surface area contributed by atoms with E-state index in [4.69, 9.17) is 5.11 Å². The van der Waals surface area contributed by atoms with Crippen LogP contribution in [0.2, 0.25) is 0 Å². The van der Waals surface area contributed by atoms with E-state index in [1.54, 1.807) is 0 Å². The van der Waals surface area contributed by atoms with Crippen LogP contribution in [-0.4, -0.2) is 33.3 Å². The standard InChI is InChI=1S/C13H18N2O5/c1-3-13(4-2,8-16)14-10-6-5-9(12(17)18)7-11(10)15(19)20/h5-7,14,16H,3-4,8H2,1-2H3,(H,17,18).